The first-order chi connectivity index (χ1) is 11.4. The predicted molar refractivity (Wildman–Crippen MR) is 92.6 cm³/mol. The minimum atomic E-state index is -0.254. The molecule has 0 aliphatic carbocycles. The lowest BCUT2D eigenvalue weighted by molar-refractivity contribution is -0.151. The van der Waals surface area contributed by atoms with Crippen molar-refractivity contribution in [3.63, 3.8) is 0 Å². The minimum absolute atomic E-state index is 0.244. The zero-order valence-corrected chi connectivity index (χ0v) is 14.7. The zero-order chi connectivity index (χ0) is 16.8. The highest BCUT2D eigenvalue weighted by Gasteiger charge is 2.47. The first-order valence-corrected chi connectivity index (χ1v) is 8.92. The summed E-state index contributed by atoms with van der Waals surface area (Å²) in [7, 11) is 0. The Hall–Kier alpha value is -1.70. The molecule has 2 aliphatic rings. The van der Waals surface area contributed by atoms with Crippen LogP contribution in [0.4, 0.5) is 5.13 Å². The van der Waals surface area contributed by atoms with Crippen LogP contribution in [0, 0.1) is 0 Å². The third kappa shape index (κ3) is 2.99. The maximum absolute atomic E-state index is 9.42. The lowest BCUT2D eigenvalue weighted by Crippen LogP contribution is -2.60. The van der Waals surface area contributed by atoms with E-state index in [-0.39, 0.29) is 17.0 Å². The smallest absolute Gasteiger partial charge is 0.208 e. The lowest BCUT2D eigenvalue weighted by Gasteiger charge is -2.47. The number of aromatic nitrogens is 2. The highest BCUT2D eigenvalue weighted by atomic mass is 32.1. The van der Waals surface area contributed by atoms with E-state index in [0.717, 1.165) is 41.8 Å². The number of hydrogen-bond acceptors (Lipinski definition) is 7. The van der Waals surface area contributed by atoms with Gasteiger partial charge in [0.2, 0.25) is 5.13 Å². The highest BCUT2D eigenvalue weighted by Crippen LogP contribution is 2.38. The summed E-state index contributed by atoms with van der Waals surface area (Å²) in [5.74, 6) is 0.251. The lowest BCUT2D eigenvalue weighted by atomic mass is 9.95. The molecule has 2 aromatic rings. The fourth-order valence-corrected chi connectivity index (χ4v) is 4.36. The van der Waals surface area contributed by atoms with Crippen LogP contribution in [0.1, 0.15) is 20.3 Å². The van der Waals surface area contributed by atoms with E-state index in [4.69, 9.17) is 9.47 Å². The topological polar surface area (TPSA) is 67.7 Å². The van der Waals surface area contributed by atoms with Crippen LogP contribution < -0.4 is 4.90 Å². The number of ether oxygens (including phenoxy) is 2. The number of phenols is 1. The fraction of sp³-hybridized carbons (Fsp3) is 0.529. The van der Waals surface area contributed by atoms with Gasteiger partial charge in [-0.2, -0.15) is 0 Å². The molecule has 1 aromatic carbocycles. The molecule has 128 valence electrons. The van der Waals surface area contributed by atoms with Crippen molar-refractivity contribution in [2.45, 2.75) is 31.5 Å². The monoisotopic (exact) mass is 347 g/mol. The van der Waals surface area contributed by atoms with E-state index < -0.39 is 0 Å². The molecular weight excluding hydrogens is 326 g/mol. The molecule has 3 heterocycles. The van der Waals surface area contributed by atoms with Crippen LogP contribution in [0.25, 0.3) is 10.6 Å². The number of morpholine rings is 1. The molecule has 24 heavy (non-hydrogen) atoms. The van der Waals surface area contributed by atoms with E-state index in [1.54, 1.807) is 23.5 Å². The molecule has 0 radical (unpaired) electrons. The van der Waals surface area contributed by atoms with E-state index in [1.807, 2.05) is 12.1 Å². The van der Waals surface area contributed by atoms with Crippen LogP contribution in [0.5, 0.6) is 5.75 Å². The molecule has 0 amide bonds. The van der Waals surface area contributed by atoms with E-state index in [9.17, 15) is 5.11 Å². The van der Waals surface area contributed by atoms with Gasteiger partial charge in [-0.1, -0.05) is 11.3 Å². The summed E-state index contributed by atoms with van der Waals surface area (Å²) in [6.45, 7) is 7.16. The second kappa shape index (κ2) is 5.68. The minimum Gasteiger partial charge on any atom is -0.508 e. The van der Waals surface area contributed by atoms with Crippen molar-refractivity contribution in [3.05, 3.63) is 24.3 Å². The third-order valence-corrected chi connectivity index (χ3v) is 5.44. The Morgan fingerprint density at radius 1 is 1.17 bits per heavy atom. The van der Waals surface area contributed by atoms with Gasteiger partial charge >= 0.3 is 0 Å². The first-order valence-electron chi connectivity index (χ1n) is 8.11. The number of phenolic OH excluding ortho intramolecular Hbond substituents is 1. The Labute approximate surface area is 145 Å². The van der Waals surface area contributed by atoms with Crippen molar-refractivity contribution in [2.24, 2.45) is 0 Å². The second-order valence-corrected chi connectivity index (χ2v) is 8.10. The van der Waals surface area contributed by atoms with Gasteiger partial charge < -0.3 is 19.5 Å². The number of hydrogen-bond donors (Lipinski definition) is 1. The van der Waals surface area contributed by atoms with Gasteiger partial charge in [0.15, 0.2) is 0 Å². The van der Waals surface area contributed by atoms with Crippen LogP contribution >= 0.6 is 11.3 Å². The Bertz CT molecular complexity index is 723. The summed E-state index contributed by atoms with van der Waals surface area (Å²) in [6.07, 6.45) is 0.913. The van der Waals surface area contributed by atoms with Crippen molar-refractivity contribution in [3.8, 4) is 16.3 Å². The molecule has 1 spiro atoms. The van der Waals surface area contributed by atoms with Crippen molar-refractivity contribution < 1.29 is 14.6 Å². The molecule has 2 aliphatic heterocycles. The average Bonchev–Trinajstić information content (AvgIpc) is 3.16. The summed E-state index contributed by atoms with van der Waals surface area (Å²) in [4.78, 5) is 2.26. The van der Waals surface area contributed by atoms with Gasteiger partial charge in [0.25, 0.3) is 0 Å². The van der Waals surface area contributed by atoms with Gasteiger partial charge in [-0.05, 0) is 38.1 Å². The molecule has 6 nitrogen and oxygen atoms in total. The molecule has 0 bridgehead atoms. The number of aromatic hydroxyl groups is 1. The molecule has 4 rings (SSSR count). The van der Waals surface area contributed by atoms with Crippen molar-refractivity contribution in [1.82, 2.24) is 10.2 Å². The molecule has 2 saturated heterocycles. The zero-order valence-electron chi connectivity index (χ0n) is 13.9. The largest absolute Gasteiger partial charge is 0.508 e. The van der Waals surface area contributed by atoms with E-state index >= 15 is 0 Å². The molecule has 1 unspecified atom stereocenters. The Balaban J connectivity index is 1.60. The molecule has 1 aromatic heterocycles. The predicted octanol–water partition coefficient (Wildman–Crippen LogP) is 2.69. The van der Waals surface area contributed by atoms with Gasteiger partial charge in [-0.3, -0.25) is 0 Å². The van der Waals surface area contributed by atoms with Gasteiger partial charge in [0, 0.05) is 25.1 Å². The summed E-state index contributed by atoms with van der Waals surface area (Å²) < 4.78 is 11.9. The van der Waals surface area contributed by atoms with Crippen molar-refractivity contribution in [1.29, 1.82) is 0 Å². The first kappa shape index (κ1) is 15.8. The number of rotatable bonds is 2. The van der Waals surface area contributed by atoms with Crippen LogP contribution in [-0.2, 0) is 9.47 Å². The van der Waals surface area contributed by atoms with Crippen molar-refractivity contribution in [2.75, 3.05) is 31.2 Å². The SMILES string of the molecule is CC1(C)CN(c2nnc(-c3ccc(O)cc3)s2)CC2(CCOC2)O1. The summed E-state index contributed by atoms with van der Waals surface area (Å²) in [5, 5.41) is 19.9. The molecular formula is C17H21N3O3S. The number of benzene rings is 1. The van der Waals surface area contributed by atoms with Crippen LogP contribution in [0.3, 0.4) is 0 Å². The maximum atomic E-state index is 9.42. The standard InChI is InChI=1S/C17H21N3O3S/c1-16(2)9-20(10-17(23-16)7-8-22-11-17)15-19-18-14(24-15)12-3-5-13(21)6-4-12/h3-6,21H,7-11H2,1-2H3. The molecule has 0 saturated carbocycles. The third-order valence-electron chi connectivity index (χ3n) is 4.41. The summed E-state index contributed by atoms with van der Waals surface area (Å²) in [5.41, 5.74) is 0.464. The maximum Gasteiger partial charge on any atom is 0.208 e. The van der Waals surface area contributed by atoms with Crippen LogP contribution in [0.2, 0.25) is 0 Å². The Morgan fingerprint density at radius 3 is 2.67 bits per heavy atom. The van der Waals surface area contributed by atoms with Gasteiger partial charge in [-0.25, -0.2) is 0 Å². The van der Waals surface area contributed by atoms with E-state index in [2.05, 4.69) is 28.9 Å². The van der Waals surface area contributed by atoms with E-state index in [1.165, 1.54) is 0 Å². The second-order valence-electron chi connectivity index (χ2n) is 7.14. The molecule has 7 heteroatoms. The number of nitrogens with zero attached hydrogens (tertiary/aromatic N) is 3. The molecule has 1 N–H and O–H groups in total. The molecule has 1 atom stereocenters. The molecule has 2 fully saturated rings. The van der Waals surface area contributed by atoms with Gasteiger partial charge in [0.05, 0.1) is 18.8 Å². The normalized spacial score (nSPS) is 26.2. The Morgan fingerprint density at radius 2 is 1.96 bits per heavy atom. The van der Waals surface area contributed by atoms with Crippen LogP contribution in [-0.4, -0.2) is 52.8 Å². The summed E-state index contributed by atoms with van der Waals surface area (Å²) in [6, 6.07) is 7.04. The van der Waals surface area contributed by atoms with Gasteiger partial charge in [0.1, 0.15) is 16.4 Å². The average molecular weight is 347 g/mol. The highest BCUT2D eigenvalue weighted by molar-refractivity contribution is 7.18. The quantitative estimate of drug-likeness (QED) is 0.901. The van der Waals surface area contributed by atoms with Crippen LogP contribution in [0.15, 0.2) is 24.3 Å². The Kier molecular flexibility index (Phi) is 3.74. The summed E-state index contributed by atoms with van der Waals surface area (Å²) >= 11 is 1.57. The van der Waals surface area contributed by atoms with Crippen molar-refractivity contribution >= 4 is 16.5 Å². The van der Waals surface area contributed by atoms with Gasteiger partial charge in [-0.15, -0.1) is 10.2 Å². The number of anilines is 1. The fourth-order valence-electron chi connectivity index (χ4n) is 3.51. The van der Waals surface area contributed by atoms with E-state index in [0.29, 0.717) is 6.61 Å².